The number of hydrogen-bond acceptors (Lipinski definition) is 3. The average molecular weight is 230 g/mol. The van der Waals surface area contributed by atoms with Crippen LogP contribution in [0.2, 0.25) is 0 Å². The molecule has 15 heavy (non-hydrogen) atoms. The molecular formula is C11H18O3S. The molecule has 0 radical (unpaired) electrons. The first-order valence-corrected chi connectivity index (χ1v) is 6.55. The van der Waals surface area contributed by atoms with Gasteiger partial charge in [0, 0.05) is 0 Å². The van der Waals surface area contributed by atoms with Crippen LogP contribution in [0.3, 0.4) is 0 Å². The molecule has 4 heteroatoms. The second-order valence-electron chi connectivity index (χ2n) is 3.05. The van der Waals surface area contributed by atoms with Gasteiger partial charge in [0.1, 0.15) is 6.61 Å². The van der Waals surface area contributed by atoms with Crippen molar-refractivity contribution in [2.75, 3.05) is 6.61 Å². The van der Waals surface area contributed by atoms with Crippen molar-refractivity contribution in [3.05, 3.63) is 11.5 Å². The molecular weight excluding hydrogens is 212 g/mol. The van der Waals surface area contributed by atoms with E-state index in [2.05, 4.69) is 22.9 Å². The van der Waals surface area contributed by atoms with Crippen molar-refractivity contribution in [2.24, 2.45) is 0 Å². The van der Waals surface area contributed by atoms with E-state index in [0.717, 1.165) is 31.1 Å². The predicted molar refractivity (Wildman–Crippen MR) is 61.6 cm³/mol. The van der Waals surface area contributed by atoms with Crippen LogP contribution in [-0.2, 0) is 14.3 Å². The average Bonchev–Trinajstić information content (AvgIpc) is 2.17. The summed E-state index contributed by atoms with van der Waals surface area (Å²) in [6.07, 6.45) is 5.66. The Hall–Kier alpha value is -0.790. The number of hydrogen-bond donors (Lipinski definition) is 0. The van der Waals surface area contributed by atoms with Gasteiger partial charge in [-0.15, -0.1) is 5.92 Å². The van der Waals surface area contributed by atoms with Crippen LogP contribution < -0.4 is 0 Å². The second kappa shape index (κ2) is 8.51. The van der Waals surface area contributed by atoms with Crippen LogP contribution in [-0.4, -0.2) is 15.0 Å². The highest BCUT2D eigenvalue weighted by molar-refractivity contribution is 7.89. The highest BCUT2D eigenvalue weighted by Gasteiger charge is 2.03. The third-order valence-corrected chi connectivity index (χ3v) is 2.68. The molecule has 0 aromatic carbocycles. The van der Waals surface area contributed by atoms with Crippen molar-refractivity contribution in [3.63, 3.8) is 0 Å². The highest BCUT2D eigenvalue weighted by atomic mass is 32.2. The Balaban J connectivity index is 3.85. The van der Waals surface area contributed by atoms with E-state index in [-0.39, 0.29) is 6.61 Å². The Morgan fingerprint density at radius 1 is 1.33 bits per heavy atom. The number of allylic oxidation sites excluding steroid dienone is 1. The fraction of sp³-hybridized carbons (Fsp3) is 0.636. The molecule has 0 fully saturated rings. The third kappa shape index (κ3) is 9.51. The van der Waals surface area contributed by atoms with Crippen molar-refractivity contribution >= 4 is 10.1 Å². The predicted octanol–water partition coefficient (Wildman–Crippen LogP) is 2.45. The molecule has 0 aliphatic rings. The van der Waals surface area contributed by atoms with E-state index < -0.39 is 10.1 Å². The minimum Gasteiger partial charge on any atom is -0.254 e. The molecule has 0 spiro atoms. The van der Waals surface area contributed by atoms with Gasteiger partial charge in [-0.05, 0) is 19.8 Å². The minimum absolute atomic E-state index is 0.0713. The second-order valence-corrected chi connectivity index (χ2v) is 4.54. The summed E-state index contributed by atoms with van der Waals surface area (Å²) in [6.45, 7) is 3.67. The van der Waals surface area contributed by atoms with E-state index in [1.807, 2.05) is 0 Å². The Kier molecular flexibility index (Phi) is 8.06. The monoisotopic (exact) mass is 230 g/mol. The van der Waals surface area contributed by atoms with E-state index in [1.165, 1.54) is 0 Å². The Morgan fingerprint density at radius 2 is 2.07 bits per heavy atom. The summed E-state index contributed by atoms with van der Waals surface area (Å²) >= 11 is 0. The van der Waals surface area contributed by atoms with E-state index in [1.54, 1.807) is 13.0 Å². The Bertz CT molecular complexity index is 331. The normalized spacial score (nSPS) is 11.3. The van der Waals surface area contributed by atoms with Crippen molar-refractivity contribution in [3.8, 4) is 11.8 Å². The zero-order valence-corrected chi connectivity index (χ0v) is 10.1. The van der Waals surface area contributed by atoms with Gasteiger partial charge in [0.2, 0.25) is 0 Å². The van der Waals surface area contributed by atoms with Gasteiger partial charge in [-0.1, -0.05) is 31.8 Å². The van der Waals surface area contributed by atoms with Crippen LogP contribution in [0.15, 0.2) is 11.5 Å². The molecule has 3 nitrogen and oxygen atoms in total. The first-order valence-electron chi connectivity index (χ1n) is 5.08. The van der Waals surface area contributed by atoms with Crippen molar-refractivity contribution in [1.82, 2.24) is 0 Å². The van der Waals surface area contributed by atoms with E-state index >= 15 is 0 Å². The zero-order valence-electron chi connectivity index (χ0n) is 9.32. The summed E-state index contributed by atoms with van der Waals surface area (Å²) in [7, 11) is -3.52. The maximum atomic E-state index is 11.2. The fourth-order valence-corrected chi connectivity index (χ4v) is 1.59. The maximum absolute atomic E-state index is 11.2. The molecule has 0 amide bonds. The van der Waals surface area contributed by atoms with E-state index in [0.29, 0.717) is 0 Å². The third-order valence-electron chi connectivity index (χ3n) is 1.71. The van der Waals surface area contributed by atoms with Gasteiger partial charge >= 0.3 is 0 Å². The van der Waals surface area contributed by atoms with Gasteiger partial charge in [-0.25, -0.2) is 0 Å². The summed E-state index contributed by atoms with van der Waals surface area (Å²) in [5, 5.41) is 1.11. The van der Waals surface area contributed by atoms with Crippen LogP contribution in [0.5, 0.6) is 0 Å². The number of unbranched alkanes of at least 4 members (excludes halogenated alkanes) is 3. The maximum Gasteiger partial charge on any atom is 0.290 e. The molecule has 86 valence electrons. The first kappa shape index (κ1) is 14.2. The highest BCUT2D eigenvalue weighted by Crippen LogP contribution is 2.02. The molecule has 0 saturated heterocycles. The summed E-state index contributed by atoms with van der Waals surface area (Å²) < 4.78 is 26.9. The van der Waals surface area contributed by atoms with Crippen LogP contribution in [0, 0.1) is 11.8 Å². The molecule has 0 saturated carbocycles. The molecule has 0 atom stereocenters. The lowest BCUT2D eigenvalue weighted by atomic mass is 10.2. The van der Waals surface area contributed by atoms with Crippen molar-refractivity contribution < 1.29 is 12.6 Å². The van der Waals surface area contributed by atoms with Gasteiger partial charge in [0.15, 0.2) is 0 Å². The molecule has 0 aromatic rings. The van der Waals surface area contributed by atoms with Gasteiger partial charge in [-0.3, -0.25) is 4.18 Å². The van der Waals surface area contributed by atoms with Crippen LogP contribution in [0.4, 0.5) is 0 Å². The van der Waals surface area contributed by atoms with Gasteiger partial charge in [0.25, 0.3) is 10.1 Å². The molecule has 0 aliphatic heterocycles. The molecule has 0 heterocycles. The lowest BCUT2D eigenvalue weighted by Crippen LogP contribution is -2.01. The minimum atomic E-state index is -3.52. The molecule has 0 aromatic heterocycles. The Labute approximate surface area is 92.6 Å². The fourth-order valence-electron chi connectivity index (χ4n) is 0.921. The standard InChI is InChI=1S/C11H18O3S/c1-3-5-7-8-9-11-15(12,13)14-10-6-4-2/h9,11H,3,5,7-8,10H2,1-2H3. The van der Waals surface area contributed by atoms with Crippen LogP contribution in [0.25, 0.3) is 0 Å². The molecule has 0 bridgehead atoms. The number of rotatable bonds is 7. The zero-order chi connectivity index (χ0) is 11.6. The lowest BCUT2D eigenvalue weighted by molar-refractivity contribution is 0.370. The van der Waals surface area contributed by atoms with E-state index in [9.17, 15) is 8.42 Å². The molecule has 0 rings (SSSR count). The topological polar surface area (TPSA) is 43.4 Å². The molecule has 0 aliphatic carbocycles. The SMILES string of the molecule is CC#CCOS(=O)(=O)C=CCCCCC. The van der Waals surface area contributed by atoms with Crippen LogP contribution >= 0.6 is 0 Å². The summed E-state index contributed by atoms with van der Waals surface area (Å²) in [6, 6.07) is 0. The van der Waals surface area contributed by atoms with Gasteiger partial charge in [-0.2, -0.15) is 8.42 Å². The lowest BCUT2D eigenvalue weighted by Gasteiger charge is -1.95. The summed E-state index contributed by atoms with van der Waals surface area (Å²) in [4.78, 5) is 0. The van der Waals surface area contributed by atoms with Crippen molar-refractivity contribution in [1.29, 1.82) is 0 Å². The van der Waals surface area contributed by atoms with Crippen molar-refractivity contribution in [2.45, 2.75) is 39.5 Å². The van der Waals surface area contributed by atoms with Gasteiger partial charge < -0.3 is 0 Å². The molecule has 0 N–H and O–H groups in total. The largest absolute Gasteiger partial charge is 0.290 e. The molecule has 0 unspecified atom stereocenters. The smallest absolute Gasteiger partial charge is 0.254 e. The van der Waals surface area contributed by atoms with E-state index in [4.69, 9.17) is 0 Å². The summed E-state index contributed by atoms with van der Waals surface area (Å²) in [5.74, 6) is 5.09. The van der Waals surface area contributed by atoms with Crippen LogP contribution in [0.1, 0.15) is 39.5 Å². The quantitative estimate of drug-likeness (QED) is 0.383. The first-order chi connectivity index (χ1) is 7.12. The Morgan fingerprint density at radius 3 is 2.67 bits per heavy atom. The summed E-state index contributed by atoms with van der Waals surface area (Å²) in [5.41, 5.74) is 0. The van der Waals surface area contributed by atoms with Gasteiger partial charge in [0.05, 0.1) is 5.41 Å².